The van der Waals surface area contributed by atoms with Gasteiger partial charge in [0, 0.05) is 5.39 Å². The lowest BCUT2D eigenvalue weighted by Gasteiger charge is -2.24. The van der Waals surface area contributed by atoms with Crippen molar-refractivity contribution < 1.29 is 18.8 Å². The highest BCUT2D eigenvalue weighted by Crippen LogP contribution is 2.32. The summed E-state index contributed by atoms with van der Waals surface area (Å²) in [6.45, 7) is 1.53. The fraction of sp³-hybridized carbons (Fsp3) is 0.476. The van der Waals surface area contributed by atoms with Crippen LogP contribution in [0, 0.1) is 0 Å². The summed E-state index contributed by atoms with van der Waals surface area (Å²) >= 11 is 0. The van der Waals surface area contributed by atoms with Crippen LogP contribution in [0.2, 0.25) is 0 Å². The van der Waals surface area contributed by atoms with Crippen LogP contribution >= 0.6 is 0 Å². The molecule has 2 N–H and O–H groups in total. The number of nitrogens with one attached hydrogen (secondary N) is 2. The monoisotopic (exact) mass is 383 g/mol. The fourth-order valence-electron chi connectivity index (χ4n) is 4.21. The standard InChI is InChI=1S/C21H25N3O4/c1-14(17-12-15-8-4-5-9-16(15)28-17)22-18(25)13-24-19(26)21(23-20(24)27)10-6-2-3-7-11-21/h4-5,8-9,12,14H,2-3,6-7,10-11,13H2,1H3,(H,22,25)(H,23,27). The average molecular weight is 383 g/mol. The van der Waals surface area contributed by atoms with E-state index < -0.39 is 11.6 Å². The molecule has 2 fully saturated rings. The molecule has 1 unspecified atom stereocenters. The molecule has 28 heavy (non-hydrogen) atoms. The van der Waals surface area contributed by atoms with E-state index in [1.807, 2.05) is 37.3 Å². The van der Waals surface area contributed by atoms with E-state index in [2.05, 4.69) is 10.6 Å². The fourth-order valence-corrected chi connectivity index (χ4v) is 4.21. The number of carbonyl (C=O) groups excluding carboxylic acids is 3. The molecule has 4 amide bonds. The van der Waals surface area contributed by atoms with Gasteiger partial charge >= 0.3 is 6.03 Å². The van der Waals surface area contributed by atoms with Crippen molar-refractivity contribution in [2.45, 2.75) is 57.0 Å². The Labute approximate surface area is 163 Å². The zero-order valence-corrected chi connectivity index (χ0v) is 16.0. The molecule has 2 heterocycles. The Morgan fingerprint density at radius 1 is 1.21 bits per heavy atom. The lowest BCUT2D eigenvalue weighted by Crippen LogP contribution is -2.47. The Morgan fingerprint density at radius 2 is 1.93 bits per heavy atom. The van der Waals surface area contributed by atoms with Crippen molar-refractivity contribution in [1.29, 1.82) is 0 Å². The number of hydrogen-bond acceptors (Lipinski definition) is 4. The molecule has 148 valence electrons. The molecule has 2 aliphatic rings. The minimum atomic E-state index is -0.821. The molecule has 7 heteroatoms. The predicted octanol–water partition coefficient (Wildman–Crippen LogP) is 3.25. The molecule has 0 radical (unpaired) electrons. The van der Waals surface area contributed by atoms with Gasteiger partial charge in [-0.2, -0.15) is 0 Å². The second kappa shape index (κ2) is 7.30. The van der Waals surface area contributed by atoms with Gasteiger partial charge in [-0.3, -0.25) is 14.5 Å². The Hall–Kier alpha value is -2.83. The van der Waals surface area contributed by atoms with Crippen molar-refractivity contribution >= 4 is 28.8 Å². The highest BCUT2D eigenvalue weighted by molar-refractivity contribution is 6.09. The number of furan rings is 1. The third-order valence-corrected chi connectivity index (χ3v) is 5.75. The summed E-state index contributed by atoms with van der Waals surface area (Å²) in [4.78, 5) is 38.8. The first-order chi connectivity index (χ1) is 13.5. The molecule has 1 saturated heterocycles. The first kappa shape index (κ1) is 18.5. The quantitative estimate of drug-likeness (QED) is 0.793. The van der Waals surface area contributed by atoms with Crippen LogP contribution in [0.4, 0.5) is 4.79 Å². The number of urea groups is 1. The number of benzene rings is 1. The third-order valence-electron chi connectivity index (χ3n) is 5.75. The predicted molar refractivity (Wildman–Crippen MR) is 103 cm³/mol. The number of amides is 4. The number of nitrogens with zero attached hydrogens (tertiary/aromatic N) is 1. The van der Waals surface area contributed by atoms with Gasteiger partial charge in [-0.25, -0.2) is 4.79 Å². The molecular formula is C21H25N3O4. The molecule has 1 aromatic carbocycles. The Bertz CT molecular complexity index is 878. The highest BCUT2D eigenvalue weighted by Gasteiger charge is 2.51. The normalized spacial score (nSPS) is 20.2. The maximum absolute atomic E-state index is 12.9. The van der Waals surface area contributed by atoms with E-state index in [1.54, 1.807) is 0 Å². The van der Waals surface area contributed by atoms with Crippen molar-refractivity contribution in [3.63, 3.8) is 0 Å². The summed E-state index contributed by atoms with van der Waals surface area (Å²) in [6.07, 6.45) is 5.25. The SMILES string of the molecule is CC(NC(=O)CN1C(=O)NC2(CCCCCC2)C1=O)c1cc2ccccc2o1. The largest absolute Gasteiger partial charge is 0.459 e. The van der Waals surface area contributed by atoms with Crippen LogP contribution < -0.4 is 10.6 Å². The Morgan fingerprint density at radius 3 is 2.64 bits per heavy atom. The van der Waals surface area contributed by atoms with Crippen LogP contribution in [0.15, 0.2) is 34.7 Å². The zero-order chi connectivity index (χ0) is 19.7. The summed E-state index contributed by atoms with van der Waals surface area (Å²) in [5.41, 5.74) is -0.0684. The molecule has 1 saturated carbocycles. The summed E-state index contributed by atoms with van der Waals surface area (Å²) in [6, 6.07) is 8.66. The molecule has 1 spiro atoms. The van der Waals surface area contributed by atoms with Gasteiger partial charge in [0.15, 0.2) is 0 Å². The van der Waals surface area contributed by atoms with E-state index in [0.29, 0.717) is 18.6 Å². The van der Waals surface area contributed by atoms with Crippen LogP contribution in [-0.2, 0) is 9.59 Å². The summed E-state index contributed by atoms with van der Waals surface area (Å²) in [5, 5.41) is 6.64. The molecule has 2 aromatic rings. The highest BCUT2D eigenvalue weighted by atomic mass is 16.3. The van der Waals surface area contributed by atoms with Gasteiger partial charge < -0.3 is 15.1 Å². The number of hydrogen-bond donors (Lipinski definition) is 2. The minimum absolute atomic E-state index is 0.272. The van der Waals surface area contributed by atoms with E-state index in [0.717, 1.165) is 41.6 Å². The molecule has 1 atom stereocenters. The second-order valence-electron chi connectivity index (χ2n) is 7.79. The van der Waals surface area contributed by atoms with Crippen LogP contribution in [0.5, 0.6) is 0 Å². The van der Waals surface area contributed by atoms with E-state index >= 15 is 0 Å². The summed E-state index contributed by atoms with van der Waals surface area (Å²) in [5.74, 6) is -0.0277. The number of fused-ring (bicyclic) bond motifs is 1. The maximum atomic E-state index is 12.9. The Kier molecular flexibility index (Phi) is 4.83. The van der Waals surface area contributed by atoms with Gasteiger partial charge in [-0.15, -0.1) is 0 Å². The van der Waals surface area contributed by atoms with Crippen molar-refractivity contribution in [2.24, 2.45) is 0 Å². The number of rotatable bonds is 4. The minimum Gasteiger partial charge on any atom is -0.459 e. The molecule has 1 aliphatic carbocycles. The lowest BCUT2D eigenvalue weighted by atomic mass is 9.90. The van der Waals surface area contributed by atoms with Crippen LogP contribution in [0.25, 0.3) is 11.0 Å². The van der Waals surface area contributed by atoms with Gasteiger partial charge in [-0.1, -0.05) is 43.9 Å². The van der Waals surface area contributed by atoms with Gasteiger partial charge in [0.25, 0.3) is 5.91 Å². The zero-order valence-electron chi connectivity index (χ0n) is 16.0. The molecule has 4 rings (SSSR count). The molecule has 7 nitrogen and oxygen atoms in total. The number of para-hydroxylation sites is 1. The summed E-state index contributed by atoms with van der Waals surface area (Å²) < 4.78 is 5.77. The van der Waals surface area contributed by atoms with Crippen LogP contribution in [0.1, 0.15) is 57.3 Å². The van der Waals surface area contributed by atoms with Gasteiger partial charge in [0.1, 0.15) is 23.4 Å². The topological polar surface area (TPSA) is 91.7 Å². The van der Waals surface area contributed by atoms with Crippen molar-refractivity contribution in [1.82, 2.24) is 15.5 Å². The summed E-state index contributed by atoms with van der Waals surface area (Å²) in [7, 11) is 0. The first-order valence-corrected chi connectivity index (χ1v) is 9.90. The average Bonchev–Trinajstić information content (AvgIpc) is 3.09. The van der Waals surface area contributed by atoms with Crippen LogP contribution in [-0.4, -0.2) is 34.8 Å². The van der Waals surface area contributed by atoms with E-state index in [4.69, 9.17) is 4.42 Å². The van der Waals surface area contributed by atoms with Crippen molar-refractivity contribution in [2.75, 3.05) is 6.54 Å². The first-order valence-electron chi connectivity index (χ1n) is 9.90. The van der Waals surface area contributed by atoms with Crippen molar-refractivity contribution in [3.8, 4) is 0 Å². The smallest absolute Gasteiger partial charge is 0.325 e. The molecule has 1 aromatic heterocycles. The van der Waals surface area contributed by atoms with Gasteiger partial charge in [0.2, 0.25) is 5.91 Å². The van der Waals surface area contributed by atoms with E-state index in [1.165, 1.54) is 0 Å². The van der Waals surface area contributed by atoms with Gasteiger partial charge in [0.05, 0.1) is 6.04 Å². The number of imide groups is 1. The second-order valence-corrected chi connectivity index (χ2v) is 7.79. The molecular weight excluding hydrogens is 358 g/mol. The Balaban J connectivity index is 1.41. The third kappa shape index (κ3) is 3.37. The number of carbonyl (C=O) groups is 3. The maximum Gasteiger partial charge on any atom is 0.325 e. The molecule has 0 bridgehead atoms. The van der Waals surface area contributed by atoms with Gasteiger partial charge in [-0.05, 0) is 31.9 Å². The molecule has 1 aliphatic heterocycles. The van der Waals surface area contributed by atoms with Crippen LogP contribution in [0.3, 0.4) is 0 Å². The van der Waals surface area contributed by atoms with E-state index in [-0.39, 0.29) is 24.4 Å². The van der Waals surface area contributed by atoms with Crippen molar-refractivity contribution in [3.05, 3.63) is 36.1 Å². The van der Waals surface area contributed by atoms with E-state index in [9.17, 15) is 14.4 Å². The lowest BCUT2D eigenvalue weighted by molar-refractivity contribution is -0.135.